The van der Waals surface area contributed by atoms with Crippen LogP contribution in [-0.2, 0) is 11.2 Å². The van der Waals surface area contributed by atoms with Gasteiger partial charge in [-0.15, -0.1) is 11.3 Å². The highest BCUT2D eigenvalue weighted by Crippen LogP contribution is 2.14. The minimum atomic E-state index is -0.997. The average Bonchev–Trinajstić information content (AvgIpc) is 2.77. The Morgan fingerprint density at radius 3 is 2.72 bits per heavy atom. The van der Waals surface area contributed by atoms with Gasteiger partial charge in [0.25, 0.3) is 5.91 Å². The van der Waals surface area contributed by atoms with Gasteiger partial charge in [0.15, 0.2) is 0 Å². The maximum Gasteiger partial charge on any atom is 0.326 e. The third-order valence-electron chi connectivity index (χ3n) is 2.42. The smallest absolute Gasteiger partial charge is 0.326 e. The van der Waals surface area contributed by atoms with Crippen molar-refractivity contribution in [3.05, 3.63) is 16.1 Å². The summed E-state index contributed by atoms with van der Waals surface area (Å²) in [5.74, 6) is -1.35. The molecule has 0 radical (unpaired) electrons. The van der Waals surface area contributed by atoms with Crippen LogP contribution in [0, 0.1) is 0 Å². The number of amides is 1. The molecule has 1 rings (SSSR count). The summed E-state index contributed by atoms with van der Waals surface area (Å²) in [5, 5.41) is 12.4. The quantitative estimate of drug-likeness (QED) is 0.795. The maximum atomic E-state index is 11.8. The monoisotopic (exact) mass is 270 g/mol. The van der Waals surface area contributed by atoms with Crippen LogP contribution in [0.4, 0.5) is 0 Å². The predicted octanol–water partition coefficient (Wildman–Crippen LogP) is 2.08. The van der Waals surface area contributed by atoms with Gasteiger partial charge in [0, 0.05) is 0 Å². The van der Waals surface area contributed by atoms with E-state index in [1.165, 1.54) is 17.5 Å². The molecule has 0 fully saturated rings. The first-order valence-electron chi connectivity index (χ1n) is 6.06. The van der Waals surface area contributed by atoms with Crippen LogP contribution in [-0.4, -0.2) is 28.0 Å². The van der Waals surface area contributed by atoms with Crippen molar-refractivity contribution in [2.24, 2.45) is 0 Å². The summed E-state index contributed by atoms with van der Waals surface area (Å²) in [6.07, 6.45) is 4.47. The zero-order valence-electron chi connectivity index (χ0n) is 10.6. The number of hydrogen-bond donors (Lipinski definition) is 2. The second-order valence-electron chi connectivity index (χ2n) is 4.02. The highest BCUT2D eigenvalue weighted by Gasteiger charge is 2.20. The molecule has 6 heteroatoms. The lowest BCUT2D eigenvalue weighted by Gasteiger charge is -2.12. The molecule has 1 aromatic heterocycles. The third-order valence-corrected chi connectivity index (χ3v) is 3.48. The number of aromatic nitrogens is 1. The molecule has 1 unspecified atom stereocenters. The van der Waals surface area contributed by atoms with Gasteiger partial charge in [0.2, 0.25) is 0 Å². The van der Waals surface area contributed by atoms with Crippen LogP contribution in [0.5, 0.6) is 0 Å². The fourth-order valence-electron chi connectivity index (χ4n) is 1.52. The van der Waals surface area contributed by atoms with Gasteiger partial charge in [0.1, 0.15) is 10.9 Å². The normalized spacial score (nSPS) is 12.1. The van der Waals surface area contributed by atoms with Crippen molar-refractivity contribution < 1.29 is 14.7 Å². The topological polar surface area (TPSA) is 79.3 Å². The number of thiazole rings is 1. The molecule has 2 N–H and O–H groups in total. The van der Waals surface area contributed by atoms with E-state index in [1.54, 1.807) is 0 Å². The summed E-state index contributed by atoms with van der Waals surface area (Å²) in [6.45, 7) is 3.93. The van der Waals surface area contributed by atoms with Crippen LogP contribution in [0.25, 0.3) is 0 Å². The Balaban J connectivity index is 2.64. The summed E-state index contributed by atoms with van der Waals surface area (Å²) < 4.78 is 0. The number of carbonyl (C=O) groups is 2. The van der Waals surface area contributed by atoms with Gasteiger partial charge in [-0.05, 0) is 19.3 Å². The number of carboxylic acids is 1. The van der Waals surface area contributed by atoms with Crippen LogP contribution in [0.3, 0.4) is 0 Å². The minimum Gasteiger partial charge on any atom is -0.480 e. The van der Waals surface area contributed by atoms with Gasteiger partial charge in [0.05, 0.1) is 11.2 Å². The Morgan fingerprint density at radius 2 is 2.17 bits per heavy atom. The SMILES string of the molecule is CCCc1ncc(C(=O)NC(CCC)C(=O)O)s1. The van der Waals surface area contributed by atoms with Gasteiger partial charge in [-0.3, -0.25) is 4.79 Å². The summed E-state index contributed by atoms with van der Waals surface area (Å²) in [6, 6.07) is -0.820. The van der Waals surface area contributed by atoms with Gasteiger partial charge < -0.3 is 10.4 Å². The molecular formula is C12H18N2O3S. The largest absolute Gasteiger partial charge is 0.480 e. The number of hydrogen-bond acceptors (Lipinski definition) is 4. The molecule has 5 nitrogen and oxygen atoms in total. The molecule has 1 aromatic rings. The predicted molar refractivity (Wildman–Crippen MR) is 69.9 cm³/mol. The third kappa shape index (κ3) is 4.10. The summed E-state index contributed by atoms with van der Waals surface area (Å²) >= 11 is 1.32. The zero-order chi connectivity index (χ0) is 13.5. The molecule has 0 aliphatic rings. The number of rotatable bonds is 7. The molecule has 1 atom stereocenters. The first kappa shape index (κ1) is 14.6. The number of nitrogens with zero attached hydrogens (tertiary/aromatic N) is 1. The average molecular weight is 270 g/mol. The van der Waals surface area contributed by atoms with Crippen molar-refractivity contribution in [2.75, 3.05) is 0 Å². The Kier molecular flexibility index (Phi) is 5.77. The van der Waals surface area contributed by atoms with E-state index in [1.807, 2.05) is 13.8 Å². The fourth-order valence-corrected chi connectivity index (χ4v) is 2.44. The Morgan fingerprint density at radius 1 is 1.44 bits per heavy atom. The molecule has 0 aliphatic carbocycles. The van der Waals surface area contributed by atoms with E-state index in [0.717, 1.165) is 17.8 Å². The van der Waals surface area contributed by atoms with Crippen LogP contribution in [0.15, 0.2) is 6.20 Å². The summed E-state index contributed by atoms with van der Waals surface area (Å²) in [4.78, 5) is 27.4. The van der Waals surface area contributed by atoms with Crippen molar-refractivity contribution in [1.29, 1.82) is 0 Å². The number of carbonyl (C=O) groups excluding carboxylic acids is 1. The number of aryl methyl sites for hydroxylation is 1. The molecule has 0 bridgehead atoms. The molecule has 0 saturated carbocycles. The highest BCUT2D eigenvalue weighted by molar-refractivity contribution is 7.13. The van der Waals surface area contributed by atoms with Crippen LogP contribution < -0.4 is 5.32 Å². The Hall–Kier alpha value is -1.43. The molecule has 0 aromatic carbocycles. The van der Waals surface area contributed by atoms with E-state index in [-0.39, 0.29) is 5.91 Å². The highest BCUT2D eigenvalue weighted by atomic mass is 32.1. The Bertz CT molecular complexity index is 417. The maximum absolute atomic E-state index is 11.8. The lowest BCUT2D eigenvalue weighted by Crippen LogP contribution is -2.40. The van der Waals surface area contributed by atoms with Crippen molar-refractivity contribution in [1.82, 2.24) is 10.3 Å². The van der Waals surface area contributed by atoms with Crippen LogP contribution in [0.2, 0.25) is 0 Å². The molecule has 1 heterocycles. The van der Waals surface area contributed by atoms with Gasteiger partial charge in [-0.2, -0.15) is 0 Å². The van der Waals surface area contributed by atoms with E-state index < -0.39 is 12.0 Å². The number of carboxylic acid groups (broad SMARTS) is 1. The first-order valence-corrected chi connectivity index (χ1v) is 6.88. The van der Waals surface area contributed by atoms with Crippen molar-refractivity contribution in [3.8, 4) is 0 Å². The van der Waals surface area contributed by atoms with Gasteiger partial charge in [-0.1, -0.05) is 20.3 Å². The molecular weight excluding hydrogens is 252 g/mol. The van der Waals surface area contributed by atoms with E-state index in [4.69, 9.17) is 5.11 Å². The molecule has 0 spiro atoms. The first-order chi connectivity index (χ1) is 8.58. The van der Waals surface area contributed by atoms with E-state index in [2.05, 4.69) is 10.3 Å². The second-order valence-corrected chi connectivity index (χ2v) is 5.14. The van der Waals surface area contributed by atoms with Crippen molar-refractivity contribution >= 4 is 23.2 Å². The van der Waals surface area contributed by atoms with Crippen LogP contribution in [0.1, 0.15) is 47.8 Å². The summed E-state index contributed by atoms with van der Waals surface area (Å²) in [5.41, 5.74) is 0. The van der Waals surface area contributed by atoms with Crippen LogP contribution >= 0.6 is 11.3 Å². The fraction of sp³-hybridized carbons (Fsp3) is 0.583. The molecule has 100 valence electrons. The molecule has 1 amide bonds. The lowest BCUT2D eigenvalue weighted by atomic mass is 10.1. The minimum absolute atomic E-state index is 0.351. The lowest BCUT2D eigenvalue weighted by molar-refractivity contribution is -0.139. The summed E-state index contributed by atoms with van der Waals surface area (Å²) in [7, 11) is 0. The van der Waals surface area contributed by atoms with Gasteiger partial charge in [-0.25, -0.2) is 9.78 Å². The van der Waals surface area contributed by atoms with E-state index in [0.29, 0.717) is 17.7 Å². The zero-order valence-corrected chi connectivity index (χ0v) is 11.4. The van der Waals surface area contributed by atoms with Crippen molar-refractivity contribution in [3.63, 3.8) is 0 Å². The second kappa shape index (κ2) is 7.10. The molecule has 0 saturated heterocycles. The van der Waals surface area contributed by atoms with E-state index in [9.17, 15) is 9.59 Å². The Labute approximate surface area is 110 Å². The standard InChI is InChI=1S/C12H18N2O3S/c1-3-5-8(12(16)17)14-11(15)9-7-13-10(18-9)6-4-2/h7-8H,3-6H2,1-2H3,(H,14,15)(H,16,17). The molecule has 18 heavy (non-hydrogen) atoms. The van der Waals surface area contributed by atoms with Gasteiger partial charge >= 0.3 is 5.97 Å². The van der Waals surface area contributed by atoms with E-state index >= 15 is 0 Å². The number of nitrogens with one attached hydrogen (secondary N) is 1. The molecule has 0 aliphatic heterocycles. The number of aliphatic carboxylic acids is 1. The van der Waals surface area contributed by atoms with Crippen molar-refractivity contribution in [2.45, 2.75) is 45.6 Å².